The van der Waals surface area contributed by atoms with Gasteiger partial charge in [0, 0.05) is 20.1 Å². The summed E-state index contributed by atoms with van der Waals surface area (Å²) < 4.78 is 10.2. The molecule has 4 nitrogen and oxygen atoms in total. The van der Waals surface area contributed by atoms with Crippen molar-refractivity contribution < 1.29 is 14.3 Å². The number of esters is 1. The van der Waals surface area contributed by atoms with E-state index in [4.69, 9.17) is 9.47 Å². The topological polar surface area (TPSA) is 47.6 Å². The Kier molecular flexibility index (Phi) is 6.99. The van der Waals surface area contributed by atoms with Crippen LogP contribution < -0.4 is 5.32 Å². The molecule has 0 fully saturated rings. The van der Waals surface area contributed by atoms with E-state index < -0.39 is 0 Å². The third kappa shape index (κ3) is 8.15. The second-order valence-corrected chi connectivity index (χ2v) is 3.85. The van der Waals surface area contributed by atoms with Crippen molar-refractivity contribution >= 4 is 5.97 Å². The Hall–Kier alpha value is -0.870. The Morgan fingerprint density at radius 2 is 2.20 bits per heavy atom. The van der Waals surface area contributed by atoms with Crippen LogP contribution in [0.1, 0.15) is 20.3 Å². The molecule has 0 heterocycles. The predicted octanol–water partition coefficient (Wildman–Crippen LogP) is 1.12. The molecule has 0 unspecified atom stereocenters. The van der Waals surface area contributed by atoms with Crippen molar-refractivity contribution in [3.63, 3.8) is 0 Å². The zero-order chi connectivity index (χ0) is 11.7. The SMILES string of the molecule is C=CCNCC(=O)OCCC(C)(C)OC. The van der Waals surface area contributed by atoms with Gasteiger partial charge in [0.1, 0.15) is 0 Å². The van der Waals surface area contributed by atoms with Crippen molar-refractivity contribution in [1.82, 2.24) is 5.32 Å². The summed E-state index contributed by atoms with van der Waals surface area (Å²) in [5.74, 6) is -0.247. The molecular formula is C11H21NO3. The van der Waals surface area contributed by atoms with Crippen LogP contribution in [0.3, 0.4) is 0 Å². The minimum absolute atomic E-state index is 0.222. The van der Waals surface area contributed by atoms with Gasteiger partial charge < -0.3 is 14.8 Å². The van der Waals surface area contributed by atoms with Crippen LogP contribution in [0.4, 0.5) is 0 Å². The number of ether oxygens (including phenoxy) is 2. The van der Waals surface area contributed by atoms with Crippen molar-refractivity contribution in [2.75, 3.05) is 26.8 Å². The number of rotatable bonds is 8. The fourth-order valence-electron chi connectivity index (χ4n) is 0.840. The van der Waals surface area contributed by atoms with E-state index >= 15 is 0 Å². The molecule has 0 saturated heterocycles. The monoisotopic (exact) mass is 215 g/mol. The molecule has 0 bridgehead atoms. The van der Waals surface area contributed by atoms with Gasteiger partial charge >= 0.3 is 5.97 Å². The number of hydrogen-bond donors (Lipinski definition) is 1. The van der Waals surface area contributed by atoms with Crippen molar-refractivity contribution in [1.29, 1.82) is 0 Å². The molecule has 0 aliphatic carbocycles. The zero-order valence-corrected chi connectivity index (χ0v) is 9.84. The van der Waals surface area contributed by atoms with Crippen LogP contribution in [0.2, 0.25) is 0 Å². The highest BCUT2D eigenvalue weighted by atomic mass is 16.5. The first-order valence-electron chi connectivity index (χ1n) is 5.04. The highest BCUT2D eigenvalue weighted by Crippen LogP contribution is 2.12. The molecule has 0 aliphatic heterocycles. The molecule has 0 saturated carbocycles. The summed E-state index contributed by atoms with van der Waals surface area (Å²) >= 11 is 0. The average Bonchev–Trinajstić information content (AvgIpc) is 2.18. The van der Waals surface area contributed by atoms with E-state index in [0.29, 0.717) is 19.6 Å². The Morgan fingerprint density at radius 1 is 1.53 bits per heavy atom. The molecule has 0 aliphatic rings. The van der Waals surface area contributed by atoms with Crippen LogP contribution in [-0.4, -0.2) is 38.4 Å². The maximum Gasteiger partial charge on any atom is 0.319 e. The average molecular weight is 215 g/mol. The lowest BCUT2D eigenvalue weighted by molar-refractivity contribution is -0.144. The van der Waals surface area contributed by atoms with Crippen LogP contribution in [0.15, 0.2) is 12.7 Å². The molecule has 1 N–H and O–H groups in total. The summed E-state index contributed by atoms with van der Waals surface area (Å²) in [6, 6.07) is 0. The molecular weight excluding hydrogens is 194 g/mol. The highest BCUT2D eigenvalue weighted by Gasteiger charge is 2.16. The lowest BCUT2D eigenvalue weighted by Gasteiger charge is -2.22. The van der Waals surface area contributed by atoms with Crippen LogP contribution in [0, 0.1) is 0 Å². The first kappa shape index (κ1) is 14.1. The molecule has 0 rings (SSSR count). The van der Waals surface area contributed by atoms with Gasteiger partial charge in [-0.1, -0.05) is 6.08 Å². The van der Waals surface area contributed by atoms with Crippen LogP contribution in [0.5, 0.6) is 0 Å². The molecule has 0 atom stereocenters. The molecule has 4 heteroatoms. The van der Waals surface area contributed by atoms with Crippen LogP contribution >= 0.6 is 0 Å². The lowest BCUT2D eigenvalue weighted by atomic mass is 10.1. The van der Waals surface area contributed by atoms with Gasteiger partial charge in [0.2, 0.25) is 0 Å². The minimum Gasteiger partial charge on any atom is -0.465 e. The van der Waals surface area contributed by atoms with Crippen molar-refractivity contribution in [2.24, 2.45) is 0 Å². The number of methoxy groups -OCH3 is 1. The van der Waals surface area contributed by atoms with Gasteiger partial charge in [-0.3, -0.25) is 4.79 Å². The number of nitrogens with one attached hydrogen (secondary N) is 1. The van der Waals surface area contributed by atoms with Gasteiger partial charge in [-0.2, -0.15) is 0 Å². The molecule has 0 radical (unpaired) electrons. The lowest BCUT2D eigenvalue weighted by Crippen LogP contribution is -2.28. The second kappa shape index (κ2) is 7.43. The van der Waals surface area contributed by atoms with Gasteiger partial charge in [-0.05, 0) is 13.8 Å². The number of carbonyl (C=O) groups excluding carboxylic acids is 1. The van der Waals surface area contributed by atoms with E-state index in [2.05, 4.69) is 11.9 Å². The van der Waals surface area contributed by atoms with Crippen molar-refractivity contribution in [2.45, 2.75) is 25.9 Å². The molecule has 0 aromatic carbocycles. The summed E-state index contributed by atoms with van der Waals surface area (Å²) in [7, 11) is 1.65. The van der Waals surface area contributed by atoms with E-state index in [1.165, 1.54) is 0 Å². The summed E-state index contributed by atoms with van der Waals surface area (Å²) in [5.41, 5.74) is -0.241. The van der Waals surface area contributed by atoms with Crippen LogP contribution in [0.25, 0.3) is 0 Å². The first-order chi connectivity index (χ1) is 7.02. The molecule has 0 aromatic rings. The third-order valence-electron chi connectivity index (χ3n) is 2.08. The highest BCUT2D eigenvalue weighted by molar-refractivity contribution is 5.71. The number of carbonyl (C=O) groups is 1. The van der Waals surface area contributed by atoms with Gasteiger partial charge in [0.05, 0.1) is 18.8 Å². The Balaban J connectivity index is 3.50. The maximum absolute atomic E-state index is 11.1. The summed E-state index contributed by atoms with van der Waals surface area (Å²) in [6.45, 7) is 8.66. The zero-order valence-electron chi connectivity index (χ0n) is 9.84. The van der Waals surface area contributed by atoms with Crippen molar-refractivity contribution in [3.8, 4) is 0 Å². The molecule has 0 spiro atoms. The van der Waals surface area contributed by atoms with E-state index in [0.717, 1.165) is 0 Å². The fraction of sp³-hybridized carbons (Fsp3) is 0.727. The summed E-state index contributed by atoms with van der Waals surface area (Å²) in [4.78, 5) is 11.1. The maximum atomic E-state index is 11.1. The van der Waals surface area contributed by atoms with Crippen LogP contribution in [-0.2, 0) is 14.3 Å². The summed E-state index contributed by atoms with van der Waals surface area (Å²) in [5, 5.41) is 2.87. The Bertz CT molecular complexity index is 202. The summed E-state index contributed by atoms with van der Waals surface area (Å²) in [6.07, 6.45) is 2.39. The Morgan fingerprint density at radius 3 is 2.73 bits per heavy atom. The predicted molar refractivity (Wildman–Crippen MR) is 59.7 cm³/mol. The fourth-order valence-corrected chi connectivity index (χ4v) is 0.840. The van der Waals surface area contributed by atoms with Gasteiger partial charge in [-0.15, -0.1) is 6.58 Å². The van der Waals surface area contributed by atoms with E-state index in [1.54, 1.807) is 13.2 Å². The first-order valence-corrected chi connectivity index (χ1v) is 5.04. The minimum atomic E-state index is -0.247. The van der Waals surface area contributed by atoms with Gasteiger partial charge in [0.15, 0.2) is 0 Å². The Labute approximate surface area is 91.6 Å². The molecule has 15 heavy (non-hydrogen) atoms. The third-order valence-corrected chi connectivity index (χ3v) is 2.08. The van der Waals surface area contributed by atoms with Gasteiger partial charge in [0.25, 0.3) is 0 Å². The van der Waals surface area contributed by atoms with Gasteiger partial charge in [-0.25, -0.2) is 0 Å². The largest absolute Gasteiger partial charge is 0.465 e. The molecule has 0 aromatic heterocycles. The smallest absolute Gasteiger partial charge is 0.319 e. The normalized spacial score (nSPS) is 11.1. The molecule has 0 amide bonds. The van der Waals surface area contributed by atoms with Crippen molar-refractivity contribution in [3.05, 3.63) is 12.7 Å². The molecule has 88 valence electrons. The second-order valence-electron chi connectivity index (χ2n) is 3.85. The van der Waals surface area contributed by atoms with E-state index in [1.807, 2.05) is 13.8 Å². The number of hydrogen-bond acceptors (Lipinski definition) is 4. The van der Waals surface area contributed by atoms with E-state index in [9.17, 15) is 4.79 Å². The van der Waals surface area contributed by atoms with E-state index in [-0.39, 0.29) is 18.1 Å². The standard InChI is InChI=1S/C11H21NO3/c1-5-7-12-9-10(13)15-8-6-11(2,3)14-4/h5,12H,1,6-9H2,2-4H3. The quantitative estimate of drug-likeness (QED) is 0.374.